The molecule has 3 rings (SSSR count). The molecule has 1 aliphatic heterocycles. The molecule has 1 aliphatic rings. The Hall–Kier alpha value is -6.47. The van der Waals surface area contributed by atoms with E-state index in [4.69, 9.17) is 17.0 Å². The maximum absolute atomic E-state index is 14.0. The van der Waals surface area contributed by atoms with E-state index in [0.717, 1.165) is 0 Å². The van der Waals surface area contributed by atoms with Gasteiger partial charge >= 0.3 is 5.97 Å². The number of hydrogen-bond acceptors (Lipinski definition) is 11. The van der Waals surface area contributed by atoms with Gasteiger partial charge in [-0.2, -0.15) is 0 Å². The smallest absolute Gasteiger partial charge is 0.305 e. The average Bonchev–Trinajstić information content (AvgIpc) is 3.16. The number of carbonyl (C=O) groups is 7. The lowest BCUT2D eigenvalue weighted by Gasteiger charge is -2.28. The second kappa shape index (κ2) is 21.9. The molecule has 0 radical (unpaired) electrons. The van der Waals surface area contributed by atoms with E-state index in [0.29, 0.717) is 31.2 Å². The molecule has 6 amide bonds. The summed E-state index contributed by atoms with van der Waals surface area (Å²) in [5.74, 6) is -6.36. The first-order valence-corrected chi connectivity index (χ1v) is 17.7. The third-order valence-corrected chi connectivity index (χ3v) is 8.59. The third kappa shape index (κ3) is 14.8. The van der Waals surface area contributed by atoms with Crippen molar-refractivity contribution in [1.82, 2.24) is 36.9 Å². The zero-order valence-electron chi connectivity index (χ0n) is 30.4. The fourth-order valence-corrected chi connectivity index (χ4v) is 5.65. The molecular formula is C35H48N12O8. The average molecular weight is 765 g/mol. The van der Waals surface area contributed by atoms with E-state index < -0.39 is 84.5 Å². The number of carboxylic acid groups (broad SMARTS) is 1. The van der Waals surface area contributed by atoms with E-state index in [1.807, 2.05) is 0 Å². The number of aliphatic imine (C=N–C) groups is 1. The third-order valence-electron chi connectivity index (χ3n) is 8.59. The van der Waals surface area contributed by atoms with Crippen molar-refractivity contribution in [2.45, 2.75) is 76.0 Å². The summed E-state index contributed by atoms with van der Waals surface area (Å²) in [6.45, 7) is 1.51. The number of carboxylic acids is 1. The number of aliphatic carboxylic acids is 1. The number of unbranched alkanes of at least 4 members (excludes halogenated alkanes) is 1. The number of rotatable bonds is 16. The Morgan fingerprint density at radius 2 is 1.60 bits per heavy atom. The van der Waals surface area contributed by atoms with Gasteiger partial charge in [0.1, 0.15) is 24.2 Å². The summed E-state index contributed by atoms with van der Waals surface area (Å²) in [5.41, 5.74) is 18.7. The summed E-state index contributed by atoms with van der Waals surface area (Å²) >= 11 is 0. The molecule has 0 spiro atoms. The number of pyridine rings is 1. The molecule has 2 aromatic rings. The number of nitrogens with two attached hydrogens (primary N) is 2. The van der Waals surface area contributed by atoms with Gasteiger partial charge in [-0.1, -0.05) is 37.3 Å². The van der Waals surface area contributed by atoms with Crippen LogP contribution in [-0.4, -0.2) is 101 Å². The lowest BCUT2D eigenvalue weighted by atomic mass is 9.95. The minimum absolute atomic E-state index is 0.0479. The van der Waals surface area contributed by atoms with E-state index in [1.54, 1.807) is 37.3 Å². The summed E-state index contributed by atoms with van der Waals surface area (Å²) in [6.07, 6.45) is 1.97. The number of guanidine groups is 1. The van der Waals surface area contributed by atoms with Crippen LogP contribution in [-0.2, 0) is 35.2 Å². The summed E-state index contributed by atoms with van der Waals surface area (Å²) < 4.78 is 0. The summed E-state index contributed by atoms with van der Waals surface area (Å²) in [4.78, 5) is 99.8. The first-order chi connectivity index (χ1) is 26.3. The second-order valence-electron chi connectivity index (χ2n) is 12.9. The molecule has 20 nitrogen and oxygen atoms in total. The van der Waals surface area contributed by atoms with Crippen LogP contribution in [0.25, 0.3) is 0 Å². The first-order valence-electron chi connectivity index (χ1n) is 17.7. The summed E-state index contributed by atoms with van der Waals surface area (Å²) in [7, 11) is 0. The minimum Gasteiger partial charge on any atom is -0.481 e. The predicted octanol–water partition coefficient (Wildman–Crippen LogP) is -0.880. The van der Waals surface area contributed by atoms with E-state index in [2.05, 4.69) is 47.0 Å². The molecular weight excluding hydrogens is 716 g/mol. The Bertz CT molecular complexity index is 1700. The number of nitrogens with zero attached hydrogens (tertiary/aromatic N) is 3. The molecule has 1 saturated heterocycles. The van der Waals surface area contributed by atoms with E-state index in [1.165, 1.54) is 18.3 Å². The molecule has 1 unspecified atom stereocenters. The number of hydrogen-bond donors (Lipinski definition) is 10. The Morgan fingerprint density at radius 1 is 0.909 bits per heavy atom. The summed E-state index contributed by atoms with van der Waals surface area (Å²) in [5, 5.41) is 28.2. The molecule has 1 aromatic heterocycles. The fourth-order valence-electron chi connectivity index (χ4n) is 5.65. The van der Waals surface area contributed by atoms with E-state index in [-0.39, 0.29) is 43.3 Å². The van der Waals surface area contributed by atoms with Crippen molar-refractivity contribution in [3.8, 4) is 0 Å². The fraction of sp³-hybridized carbons (Fsp3) is 0.457. The highest BCUT2D eigenvalue weighted by Gasteiger charge is 2.34. The lowest BCUT2D eigenvalue weighted by Crippen LogP contribution is -2.58. The number of aromatic nitrogens is 1. The molecule has 12 N–H and O–H groups in total. The van der Waals surface area contributed by atoms with Crippen molar-refractivity contribution in [1.29, 1.82) is 5.53 Å². The number of carbonyl (C=O) groups excluding carboxylic acids is 6. The van der Waals surface area contributed by atoms with Crippen LogP contribution >= 0.6 is 0 Å². The highest BCUT2D eigenvalue weighted by atomic mass is 16.4. The van der Waals surface area contributed by atoms with Gasteiger partial charge in [-0.05, 0) is 55.7 Å². The number of nitrogens with one attached hydrogen (secondary N) is 7. The van der Waals surface area contributed by atoms with E-state index >= 15 is 0 Å². The van der Waals surface area contributed by atoms with Crippen molar-refractivity contribution in [2.24, 2.45) is 27.5 Å². The van der Waals surface area contributed by atoms with Crippen LogP contribution in [0, 0.1) is 11.4 Å². The quantitative estimate of drug-likeness (QED) is 0.0433. The van der Waals surface area contributed by atoms with Gasteiger partial charge in [-0.3, -0.25) is 38.6 Å². The molecule has 1 aromatic carbocycles. The lowest BCUT2D eigenvalue weighted by molar-refractivity contribution is -0.141. The monoisotopic (exact) mass is 764 g/mol. The molecule has 296 valence electrons. The Kier molecular flexibility index (Phi) is 17.1. The van der Waals surface area contributed by atoms with Crippen LogP contribution in [0.1, 0.15) is 61.4 Å². The van der Waals surface area contributed by atoms with Crippen LogP contribution in [0.3, 0.4) is 0 Å². The van der Waals surface area contributed by atoms with Gasteiger partial charge in [0.25, 0.3) is 5.91 Å². The van der Waals surface area contributed by atoms with Crippen LogP contribution in [0.15, 0.2) is 58.8 Å². The maximum Gasteiger partial charge on any atom is 0.305 e. The van der Waals surface area contributed by atoms with Crippen molar-refractivity contribution in [3.63, 3.8) is 0 Å². The van der Waals surface area contributed by atoms with Crippen LogP contribution in [0.4, 0.5) is 5.82 Å². The second-order valence-corrected chi connectivity index (χ2v) is 12.9. The molecule has 55 heavy (non-hydrogen) atoms. The number of benzene rings is 1. The Morgan fingerprint density at radius 3 is 2.25 bits per heavy atom. The molecule has 1 fully saturated rings. The first kappa shape index (κ1) is 42.9. The highest BCUT2D eigenvalue weighted by molar-refractivity contribution is 5.98. The molecule has 0 aliphatic carbocycles. The number of amides is 6. The van der Waals surface area contributed by atoms with Gasteiger partial charge in [-0.25, -0.2) is 10.5 Å². The Labute approximate surface area is 316 Å². The summed E-state index contributed by atoms with van der Waals surface area (Å²) in [6, 6.07) is 6.21. The van der Waals surface area contributed by atoms with Gasteiger partial charge in [0.05, 0.1) is 18.5 Å². The topological polar surface area (TPSA) is 325 Å². The van der Waals surface area contributed by atoms with Gasteiger partial charge in [-0.15, -0.1) is 5.11 Å². The van der Waals surface area contributed by atoms with Crippen molar-refractivity contribution in [3.05, 3.63) is 59.8 Å². The van der Waals surface area contributed by atoms with Crippen molar-refractivity contribution < 1.29 is 38.7 Å². The molecule has 20 heteroatoms. The standard InChI is InChI=1S/C35H48N12O8/c1-20(8-7-15-40-35(36)37)29-34(55)42-19-27(48)43-25(17-28(49)50)33(54)45-24(16-21-9-3-2-4-10-21)32(53)44-23(31(52)46-29)11-5-6-14-39-30(51)22-12-13-26(47-38)41-18-22/h2-4,9-10,12-13,18,20,23-25,29,38H,5-8,11,14-17,19H2,1H3,(H,39,51)(H,42,55)(H,43,48)(H,44,53)(H,45,54)(H,46,52)(H,49,50)(H4,36,37,40)/t20?,23-,24+,25-,29-/m0/s1. The SMILES string of the molecule is CC(CCCN=C(N)N)[C@@H]1NC(=O)[C@H](CCCCNC(=O)c2ccc(N=N)nc2)NC(=O)[C@@H](Cc2ccccc2)NC(=O)[C@H](CC(=O)O)NC(=O)CNC1=O. The van der Waals surface area contributed by atoms with Gasteiger partial charge in [0.15, 0.2) is 11.8 Å². The van der Waals surface area contributed by atoms with E-state index in [9.17, 15) is 38.7 Å². The zero-order chi connectivity index (χ0) is 40.3. The normalized spacial score (nSPS) is 20.1. The Balaban J connectivity index is 1.89. The zero-order valence-corrected chi connectivity index (χ0v) is 30.4. The van der Waals surface area contributed by atoms with Crippen LogP contribution in [0.2, 0.25) is 0 Å². The molecule has 2 heterocycles. The molecule has 0 bridgehead atoms. The van der Waals surface area contributed by atoms with Gasteiger partial charge in [0.2, 0.25) is 29.5 Å². The van der Waals surface area contributed by atoms with Crippen molar-refractivity contribution >= 4 is 53.2 Å². The van der Waals surface area contributed by atoms with Gasteiger partial charge < -0.3 is 48.5 Å². The maximum atomic E-state index is 14.0. The van der Waals surface area contributed by atoms with Gasteiger partial charge in [0, 0.05) is 25.7 Å². The predicted molar refractivity (Wildman–Crippen MR) is 197 cm³/mol. The highest BCUT2D eigenvalue weighted by Crippen LogP contribution is 2.14. The molecule has 5 atom stereocenters. The van der Waals surface area contributed by atoms with Crippen LogP contribution in [0.5, 0.6) is 0 Å². The molecule has 0 saturated carbocycles. The van der Waals surface area contributed by atoms with Crippen LogP contribution < -0.4 is 43.4 Å². The minimum atomic E-state index is -1.60. The largest absolute Gasteiger partial charge is 0.481 e. The van der Waals surface area contributed by atoms with Crippen molar-refractivity contribution in [2.75, 3.05) is 19.6 Å².